The van der Waals surface area contributed by atoms with Crippen molar-refractivity contribution in [3.8, 4) is 0 Å². The van der Waals surface area contributed by atoms with Gasteiger partial charge in [0.15, 0.2) is 0 Å². The van der Waals surface area contributed by atoms with Crippen LogP contribution in [0.3, 0.4) is 0 Å². The molecule has 7 nitrogen and oxygen atoms in total. The Morgan fingerprint density at radius 2 is 1.20 bits per heavy atom. The number of hydrogen-bond donors (Lipinski definition) is 1. The largest absolute Gasteiger partial charge is 0.481 e. The fourth-order valence-corrected chi connectivity index (χ4v) is 4.20. The lowest BCUT2D eigenvalue weighted by Gasteiger charge is -2.31. The summed E-state index contributed by atoms with van der Waals surface area (Å²) < 4.78 is 10.4. The van der Waals surface area contributed by atoms with E-state index >= 15 is 0 Å². The van der Waals surface area contributed by atoms with E-state index in [9.17, 15) is 24.3 Å². The molecule has 0 rings (SSSR count). The first kappa shape index (κ1) is 32.6. The lowest BCUT2D eigenvalue weighted by molar-refractivity contribution is -0.150. The predicted molar refractivity (Wildman–Crippen MR) is 137 cm³/mol. The van der Waals surface area contributed by atoms with Gasteiger partial charge < -0.3 is 14.6 Å². The fraction of sp³-hybridized carbons (Fsp3) is 0.714. The molecule has 0 aliphatic carbocycles. The minimum Gasteiger partial charge on any atom is -0.481 e. The van der Waals surface area contributed by atoms with Crippen LogP contribution in [0.15, 0.2) is 24.3 Å². The maximum absolute atomic E-state index is 13.4. The van der Waals surface area contributed by atoms with Gasteiger partial charge in [0, 0.05) is 17.6 Å². The van der Waals surface area contributed by atoms with Crippen molar-refractivity contribution in [2.24, 2.45) is 28.6 Å². The highest BCUT2D eigenvalue weighted by atomic mass is 16.5. The van der Waals surface area contributed by atoms with Crippen LogP contribution in [0.2, 0.25) is 0 Å². The van der Waals surface area contributed by atoms with Crippen LogP contribution in [-0.4, -0.2) is 42.0 Å². The van der Waals surface area contributed by atoms with E-state index in [1.54, 1.807) is 13.8 Å². The number of carboxylic acid groups (broad SMARTS) is 1. The summed E-state index contributed by atoms with van der Waals surface area (Å²) >= 11 is 0. The highest BCUT2D eigenvalue weighted by molar-refractivity contribution is 5.98. The van der Waals surface area contributed by atoms with Gasteiger partial charge in [-0.2, -0.15) is 0 Å². The van der Waals surface area contributed by atoms with Crippen molar-refractivity contribution in [1.82, 2.24) is 0 Å². The lowest BCUT2D eigenvalue weighted by atomic mass is 9.73. The highest BCUT2D eigenvalue weighted by Gasteiger charge is 2.38. The first-order chi connectivity index (χ1) is 15.8. The van der Waals surface area contributed by atoms with E-state index in [4.69, 9.17) is 9.47 Å². The number of Topliss-reactive ketones (excluding diaryl/α,β-unsaturated/α-hetero) is 1. The molecule has 0 aromatic rings. The molecule has 0 aliphatic rings. The third-order valence-corrected chi connectivity index (χ3v) is 5.53. The molecule has 0 heterocycles. The zero-order chi connectivity index (χ0) is 27.6. The lowest BCUT2D eigenvalue weighted by Crippen LogP contribution is -2.36. The quantitative estimate of drug-likeness (QED) is 0.175. The van der Waals surface area contributed by atoms with Crippen LogP contribution in [-0.2, 0) is 28.7 Å². The molecule has 0 saturated carbocycles. The molecule has 1 N–H and O–H groups in total. The van der Waals surface area contributed by atoms with Crippen LogP contribution in [0, 0.1) is 28.6 Å². The van der Waals surface area contributed by atoms with Crippen LogP contribution in [0.4, 0.5) is 0 Å². The van der Waals surface area contributed by atoms with Crippen LogP contribution in [0.1, 0.15) is 87.5 Å². The van der Waals surface area contributed by atoms with Crippen molar-refractivity contribution in [2.75, 3.05) is 13.2 Å². The van der Waals surface area contributed by atoms with E-state index < -0.39 is 29.7 Å². The highest BCUT2D eigenvalue weighted by Crippen LogP contribution is 2.35. The number of ether oxygens (including phenoxy) is 2. The summed E-state index contributed by atoms with van der Waals surface area (Å²) in [6.07, 6.45) is 1.95. The van der Waals surface area contributed by atoms with Gasteiger partial charge >= 0.3 is 17.9 Å². The number of rotatable bonds is 15. The molecule has 0 aliphatic heterocycles. The normalized spacial score (nSPS) is 14.4. The SMILES string of the molecule is C=C(C)C(=O)OCCC(CC(=O)C(C(=O)O)C(CCOC(=O)C(=C)C)CC(C)(C)C)CC(C)(C)C. The number of ketones is 1. The minimum absolute atomic E-state index is 0.0196. The molecule has 0 radical (unpaired) electrons. The Labute approximate surface area is 211 Å². The molecule has 0 saturated heterocycles. The van der Waals surface area contributed by atoms with E-state index in [2.05, 4.69) is 33.9 Å². The Hall–Kier alpha value is -2.44. The molecule has 0 spiro atoms. The summed E-state index contributed by atoms with van der Waals surface area (Å²) in [5.74, 6) is -4.38. The number of hydrogen-bond acceptors (Lipinski definition) is 6. The molecule has 0 bridgehead atoms. The average Bonchev–Trinajstić information content (AvgIpc) is 2.64. The molecule has 0 amide bonds. The average molecular weight is 495 g/mol. The standard InChI is InChI=1S/C28H46O7/c1-18(2)25(32)34-13-11-20(16-27(5,6)7)15-22(29)23(24(30)31)21(17-28(8,9)10)12-14-35-26(33)19(3)4/h20-21,23H,1,3,11-17H2,2,4-10H3,(H,30,31). The summed E-state index contributed by atoms with van der Waals surface area (Å²) in [6.45, 7) is 22.5. The molecule has 7 heteroatoms. The number of esters is 2. The van der Waals surface area contributed by atoms with E-state index in [0.717, 1.165) is 0 Å². The van der Waals surface area contributed by atoms with Gasteiger partial charge in [0.05, 0.1) is 13.2 Å². The van der Waals surface area contributed by atoms with Crippen molar-refractivity contribution >= 4 is 23.7 Å². The second-order valence-corrected chi connectivity index (χ2v) is 12.1. The van der Waals surface area contributed by atoms with Gasteiger partial charge in [-0.05, 0) is 62.2 Å². The number of carbonyl (C=O) groups excluding carboxylic acids is 3. The first-order valence-electron chi connectivity index (χ1n) is 12.2. The molecule has 3 atom stereocenters. The van der Waals surface area contributed by atoms with Crippen molar-refractivity contribution in [3.05, 3.63) is 24.3 Å². The zero-order valence-corrected chi connectivity index (χ0v) is 23.0. The van der Waals surface area contributed by atoms with Gasteiger partial charge in [0.2, 0.25) is 0 Å². The van der Waals surface area contributed by atoms with Crippen molar-refractivity contribution < 1.29 is 33.8 Å². The Morgan fingerprint density at radius 3 is 1.57 bits per heavy atom. The summed E-state index contributed by atoms with van der Waals surface area (Å²) in [4.78, 5) is 49.2. The smallest absolute Gasteiger partial charge is 0.333 e. The summed E-state index contributed by atoms with van der Waals surface area (Å²) in [5, 5.41) is 10.0. The van der Waals surface area contributed by atoms with Crippen LogP contribution < -0.4 is 0 Å². The molecule has 0 aromatic carbocycles. The van der Waals surface area contributed by atoms with Crippen LogP contribution in [0.25, 0.3) is 0 Å². The van der Waals surface area contributed by atoms with E-state index in [0.29, 0.717) is 24.8 Å². The molecule has 3 unspecified atom stereocenters. The second kappa shape index (κ2) is 14.2. The summed E-state index contributed by atoms with van der Waals surface area (Å²) in [7, 11) is 0. The number of carbonyl (C=O) groups is 4. The van der Waals surface area contributed by atoms with Gasteiger partial charge in [0.25, 0.3) is 0 Å². The molecule has 0 aromatic heterocycles. The maximum Gasteiger partial charge on any atom is 0.333 e. The molecular formula is C28H46O7. The van der Waals surface area contributed by atoms with Crippen molar-refractivity contribution in [2.45, 2.75) is 87.5 Å². The Morgan fingerprint density at radius 1 is 0.771 bits per heavy atom. The third kappa shape index (κ3) is 14.5. The minimum atomic E-state index is -1.21. The van der Waals surface area contributed by atoms with Crippen LogP contribution >= 0.6 is 0 Å². The van der Waals surface area contributed by atoms with Gasteiger partial charge in [-0.3, -0.25) is 9.59 Å². The molecule has 0 fully saturated rings. The predicted octanol–water partition coefficient (Wildman–Crippen LogP) is 5.77. The summed E-state index contributed by atoms with van der Waals surface area (Å²) in [6, 6.07) is 0. The molecular weight excluding hydrogens is 448 g/mol. The second-order valence-electron chi connectivity index (χ2n) is 12.1. The topological polar surface area (TPSA) is 107 Å². The third-order valence-electron chi connectivity index (χ3n) is 5.53. The first-order valence-corrected chi connectivity index (χ1v) is 12.2. The molecule has 35 heavy (non-hydrogen) atoms. The van der Waals surface area contributed by atoms with Crippen molar-refractivity contribution in [3.63, 3.8) is 0 Å². The van der Waals surface area contributed by atoms with E-state index in [-0.39, 0.29) is 54.2 Å². The van der Waals surface area contributed by atoms with Gasteiger partial charge in [-0.25, -0.2) is 9.59 Å². The number of carboxylic acids is 1. The number of aliphatic carboxylic acids is 1. The Balaban J connectivity index is 5.63. The van der Waals surface area contributed by atoms with E-state index in [1.807, 2.05) is 20.8 Å². The monoisotopic (exact) mass is 494 g/mol. The fourth-order valence-electron chi connectivity index (χ4n) is 4.20. The van der Waals surface area contributed by atoms with Gasteiger partial charge in [0.1, 0.15) is 11.7 Å². The Kier molecular flexibility index (Phi) is 13.2. The summed E-state index contributed by atoms with van der Waals surface area (Å²) in [5.41, 5.74) is 0.250. The maximum atomic E-state index is 13.4. The van der Waals surface area contributed by atoms with Gasteiger partial charge in [-0.15, -0.1) is 0 Å². The van der Waals surface area contributed by atoms with Crippen LogP contribution in [0.5, 0.6) is 0 Å². The molecule has 200 valence electrons. The Bertz CT molecular complexity index is 780. The van der Waals surface area contributed by atoms with Gasteiger partial charge in [-0.1, -0.05) is 54.7 Å². The van der Waals surface area contributed by atoms with Crippen molar-refractivity contribution in [1.29, 1.82) is 0 Å². The zero-order valence-electron chi connectivity index (χ0n) is 23.0. The van der Waals surface area contributed by atoms with E-state index in [1.165, 1.54) is 0 Å².